The topological polar surface area (TPSA) is 96.5 Å². The minimum absolute atomic E-state index is 0.00852. The SMILES string of the molecule is Cn1c(C#N)c(C#N)[n+](C)c1C(=O)[O-]. The molecule has 1 heterocycles. The average molecular weight is 190 g/mol. The molecule has 0 aliphatic heterocycles. The summed E-state index contributed by atoms with van der Waals surface area (Å²) in [6.07, 6.45) is 0. The van der Waals surface area contributed by atoms with Gasteiger partial charge in [0, 0.05) is 0 Å². The molecular formula is C8H6N4O2. The fourth-order valence-corrected chi connectivity index (χ4v) is 1.28. The summed E-state index contributed by atoms with van der Waals surface area (Å²) in [5.74, 6) is -1.63. The third kappa shape index (κ3) is 1.10. The second-order valence-electron chi connectivity index (χ2n) is 2.65. The number of carboxylic acids is 1. The van der Waals surface area contributed by atoms with E-state index >= 15 is 0 Å². The number of carboxylic acid groups (broad SMARTS) is 1. The molecular weight excluding hydrogens is 184 g/mol. The van der Waals surface area contributed by atoms with E-state index in [0.29, 0.717) is 0 Å². The van der Waals surface area contributed by atoms with Crippen molar-refractivity contribution in [3.8, 4) is 12.1 Å². The number of aromatic nitrogens is 2. The monoisotopic (exact) mass is 190 g/mol. The number of carbonyl (C=O) groups excluding carboxylic acids is 1. The van der Waals surface area contributed by atoms with Gasteiger partial charge in [-0.15, -0.1) is 0 Å². The van der Waals surface area contributed by atoms with Crippen molar-refractivity contribution in [1.29, 1.82) is 10.5 Å². The highest BCUT2D eigenvalue weighted by Gasteiger charge is 2.26. The summed E-state index contributed by atoms with van der Waals surface area (Å²) < 4.78 is 2.24. The standard InChI is InChI=1S/C8H6N4O2/c1-11-5(3-9)6(4-10)12(2)7(11)8(13)14/h1-2H3. The second-order valence-corrected chi connectivity index (χ2v) is 2.65. The number of nitriles is 2. The number of carbonyl (C=O) groups is 1. The van der Waals surface area contributed by atoms with Crippen LogP contribution in [0.5, 0.6) is 0 Å². The van der Waals surface area contributed by atoms with E-state index in [4.69, 9.17) is 10.5 Å². The maximum absolute atomic E-state index is 10.7. The Morgan fingerprint density at radius 1 is 1.50 bits per heavy atom. The number of rotatable bonds is 1. The largest absolute Gasteiger partial charge is 0.538 e. The maximum Gasteiger partial charge on any atom is 0.306 e. The van der Waals surface area contributed by atoms with Crippen molar-refractivity contribution in [3.63, 3.8) is 0 Å². The third-order valence-corrected chi connectivity index (χ3v) is 1.92. The molecule has 0 aromatic carbocycles. The van der Waals surface area contributed by atoms with E-state index in [-0.39, 0.29) is 17.2 Å². The minimum Gasteiger partial charge on any atom is -0.538 e. The van der Waals surface area contributed by atoms with Crippen molar-refractivity contribution in [2.24, 2.45) is 14.1 Å². The predicted molar refractivity (Wildman–Crippen MR) is 40.3 cm³/mol. The molecule has 0 aliphatic carbocycles. The van der Waals surface area contributed by atoms with Crippen LogP contribution in [-0.4, -0.2) is 10.5 Å². The molecule has 0 spiro atoms. The molecule has 0 aliphatic rings. The van der Waals surface area contributed by atoms with Gasteiger partial charge in [0.25, 0.3) is 11.4 Å². The van der Waals surface area contributed by atoms with Crippen molar-refractivity contribution < 1.29 is 14.5 Å². The molecule has 1 rings (SSSR count). The summed E-state index contributed by atoms with van der Waals surface area (Å²) in [5, 5.41) is 28.1. The number of aromatic carboxylic acids is 1. The van der Waals surface area contributed by atoms with Gasteiger partial charge >= 0.3 is 5.82 Å². The second kappa shape index (κ2) is 3.19. The van der Waals surface area contributed by atoms with Gasteiger partial charge in [0.1, 0.15) is 12.1 Å². The Balaban J connectivity index is 3.68. The van der Waals surface area contributed by atoms with Crippen LogP contribution in [0.1, 0.15) is 22.0 Å². The van der Waals surface area contributed by atoms with Gasteiger partial charge in [-0.05, 0) is 0 Å². The summed E-state index contributed by atoms with van der Waals surface area (Å²) in [4.78, 5) is 10.7. The molecule has 0 radical (unpaired) electrons. The van der Waals surface area contributed by atoms with Crippen LogP contribution >= 0.6 is 0 Å². The van der Waals surface area contributed by atoms with E-state index in [1.807, 2.05) is 0 Å². The summed E-state index contributed by atoms with van der Waals surface area (Å²) in [6, 6.07) is 3.52. The van der Waals surface area contributed by atoms with Crippen molar-refractivity contribution in [2.45, 2.75) is 0 Å². The maximum atomic E-state index is 10.7. The fraction of sp³-hybridized carbons (Fsp3) is 0.250. The van der Waals surface area contributed by atoms with Crippen LogP contribution in [0.25, 0.3) is 0 Å². The van der Waals surface area contributed by atoms with Gasteiger partial charge in [0.05, 0.1) is 14.1 Å². The molecule has 6 nitrogen and oxygen atoms in total. The van der Waals surface area contributed by atoms with E-state index in [1.165, 1.54) is 14.1 Å². The molecule has 0 saturated heterocycles. The normalized spacial score (nSPS) is 9.14. The van der Waals surface area contributed by atoms with Crippen LogP contribution in [0, 0.1) is 22.7 Å². The molecule has 14 heavy (non-hydrogen) atoms. The Morgan fingerprint density at radius 3 is 2.36 bits per heavy atom. The molecule has 0 fully saturated rings. The zero-order chi connectivity index (χ0) is 10.9. The van der Waals surface area contributed by atoms with E-state index in [0.717, 1.165) is 9.13 Å². The number of nitrogens with zero attached hydrogens (tertiary/aromatic N) is 4. The van der Waals surface area contributed by atoms with Crippen LogP contribution in [0.4, 0.5) is 0 Å². The molecule has 1 aromatic heterocycles. The lowest BCUT2D eigenvalue weighted by Gasteiger charge is -1.96. The Bertz CT molecular complexity index is 449. The first-order valence-corrected chi connectivity index (χ1v) is 3.64. The molecule has 0 unspecified atom stereocenters. The fourth-order valence-electron chi connectivity index (χ4n) is 1.28. The van der Waals surface area contributed by atoms with Gasteiger partial charge in [0.2, 0.25) is 0 Å². The van der Waals surface area contributed by atoms with Crippen LogP contribution in [0.15, 0.2) is 0 Å². The lowest BCUT2D eigenvalue weighted by atomic mass is 10.3. The molecule has 70 valence electrons. The quantitative estimate of drug-likeness (QED) is 0.476. The van der Waals surface area contributed by atoms with Gasteiger partial charge in [-0.3, -0.25) is 0 Å². The van der Waals surface area contributed by atoms with Crippen LogP contribution in [-0.2, 0) is 14.1 Å². The van der Waals surface area contributed by atoms with E-state index in [9.17, 15) is 9.90 Å². The summed E-state index contributed by atoms with van der Waals surface area (Å²) >= 11 is 0. The summed E-state index contributed by atoms with van der Waals surface area (Å²) in [7, 11) is 2.79. The Morgan fingerprint density at radius 2 is 2.07 bits per heavy atom. The highest BCUT2D eigenvalue weighted by Crippen LogP contribution is 2.04. The van der Waals surface area contributed by atoms with E-state index in [1.54, 1.807) is 12.1 Å². The Labute approximate surface area is 79.8 Å². The molecule has 6 heteroatoms. The Hall–Kier alpha value is -2.34. The number of hydrogen-bond donors (Lipinski definition) is 0. The van der Waals surface area contributed by atoms with Crippen molar-refractivity contribution in [2.75, 3.05) is 0 Å². The molecule has 0 saturated carbocycles. The van der Waals surface area contributed by atoms with Gasteiger partial charge in [-0.1, -0.05) is 0 Å². The zero-order valence-corrected chi connectivity index (χ0v) is 7.61. The van der Waals surface area contributed by atoms with Crippen molar-refractivity contribution in [1.82, 2.24) is 4.57 Å². The first-order valence-electron chi connectivity index (χ1n) is 3.64. The van der Waals surface area contributed by atoms with Crippen LogP contribution in [0.2, 0.25) is 0 Å². The lowest BCUT2D eigenvalue weighted by molar-refractivity contribution is -0.678. The van der Waals surface area contributed by atoms with E-state index < -0.39 is 5.97 Å². The highest BCUT2D eigenvalue weighted by molar-refractivity contribution is 5.80. The number of imidazole rings is 1. The van der Waals surface area contributed by atoms with Crippen LogP contribution in [0.3, 0.4) is 0 Å². The smallest absolute Gasteiger partial charge is 0.306 e. The molecule has 1 aromatic rings. The third-order valence-electron chi connectivity index (χ3n) is 1.92. The molecule has 0 N–H and O–H groups in total. The van der Waals surface area contributed by atoms with Crippen LogP contribution < -0.4 is 9.67 Å². The molecule has 0 amide bonds. The van der Waals surface area contributed by atoms with Gasteiger partial charge in [0.15, 0.2) is 5.97 Å². The Kier molecular flexibility index (Phi) is 2.22. The number of hydrogen-bond acceptors (Lipinski definition) is 4. The average Bonchev–Trinajstić information content (AvgIpc) is 2.36. The summed E-state index contributed by atoms with van der Waals surface area (Å²) in [5.41, 5.74) is 0.0170. The minimum atomic E-state index is -1.42. The lowest BCUT2D eigenvalue weighted by Crippen LogP contribution is -2.43. The molecule has 0 atom stereocenters. The molecule has 0 bridgehead atoms. The highest BCUT2D eigenvalue weighted by atomic mass is 16.4. The van der Waals surface area contributed by atoms with Gasteiger partial charge in [-0.2, -0.15) is 10.5 Å². The predicted octanol–water partition coefficient (Wildman–Crippen LogP) is -2.04. The summed E-state index contributed by atoms with van der Waals surface area (Å²) in [6.45, 7) is 0. The first-order chi connectivity index (χ1) is 6.54. The zero-order valence-electron chi connectivity index (χ0n) is 7.61. The van der Waals surface area contributed by atoms with Crippen molar-refractivity contribution >= 4 is 5.97 Å². The van der Waals surface area contributed by atoms with Gasteiger partial charge < -0.3 is 9.90 Å². The van der Waals surface area contributed by atoms with E-state index in [2.05, 4.69) is 0 Å². The first kappa shape index (κ1) is 9.75. The van der Waals surface area contributed by atoms with Gasteiger partial charge in [-0.25, -0.2) is 9.13 Å². The van der Waals surface area contributed by atoms with Crippen molar-refractivity contribution in [3.05, 3.63) is 17.2 Å².